The molecule has 0 aliphatic carbocycles. The van der Waals surface area contributed by atoms with E-state index in [1.54, 1.807) is 12.1 Å². The molecule has 0 spiro atoms. The monoisotopic (exact) mass is 457 g/mol. The number of hydrogen-bond donors (Lipinski definition) is 0. The van der Waals surface area contributed by atoms with Crippen LogP contribution in [0.15, 0.2) is 46.3 Å². The highest BCUT2D eigenvalue weighted by Crippen LogP contribution is 2.38. The SMILES string of the molecule is FC(F)(F)c1cc(-c2cc(Br)cs2)n(-c2ccccc2N2CCOCC2)n1. The summed E-state index contributed by atoms with van der Waals surface area (Å²) in [5.41, 5.74) is 0.974. The first-order valence-corrected chi connectivity index (χ1v) is 9.94. The number of ether oxygens (including phenoxy) is 1. The van der Waals surface area contributed by atoms with Crippen molar-refractivity contribution < 1.29 is 17.9 Å². The molecule has 9 heteroatoms. The van der Waals surface area contributed by atoms with Crippen LogP contribution in [-0.4, -0.2) is 36.1 Å². The molecule has 3 aromatic rings. The lowest BCUT2D eigenvalue weighted by Crippen LogP contribution is -2.36. The molecule has 0 radical (unpaired) electrons. The average Bonchev–Trinajstić information content (AvgIpc) is 3.28. The van der Waals surface area contributed by atoms with Crippen molar-refractivity contribution in [1.82, 2.24) is 9.78 Å². The number of nitrogens with zero attached hydrogens (tertiary/aromatic N) is 3. The number of benzene rings is 1. The predicted octanol–water partition coefficient (Wildman–Crippen LogP) is 5.22. The first kappa shape index (κ1) is 18.5. The van der Waals surface area contributed by atoms with Gasteiger partial charge in [0.2, 0.25) is 0 Å². The van der Waals surface area contributed by atoms with Gasteiger partial charge in [0.05, 0.1) is 35.2 Å². The van der Waals surface area contributed by atoms with E-state index < -0.39 is 11.9 Å². The summed E-state index contributed by atoms with van der Waals surface area (Å²) < 4.78 is 47.7. The second-order valence-electron chi connectivity index (χ2n) is 6.04. The number of hydrogen-bond acceptors (Lipinski definition) is 4. The molecule has 1 aliphatic heterocycles. The zero-order chi connectivity index (χ0) is 19.0. The van der Waals surface area contributed by atoms with Crippen molar-refractivity contribution in [2.45, 2.75) is 6.18 Å². The van der Waals surface area contributed by atoms with Crippen LogP contribution in [0, 0.1) is 0 Å². The molecule has 1 saturated heterocycles. The zero-order valence-corrected chi connectivity index (χ0v) is 16.4. The molecule has 27 heavy (non-hydrogen) atoms. The van der Waals surface area contributed by atoms with E-state index in [0.29, 0.717) is 42.6 Å². The Morgan fingerprint density at radius 3 is 2.41 bits per heavy atom. The van der Waals surface area contributed by atoms with Crippen LogP contribution in [0.1, 0.15) is 5.69 Å². The molecule has 0 unspecified atom stereocenters. The second kappa shape index (κ2) is 7.29. The van der Waals surface area contributed by atoms with Crippen LogP contribution >= 0.6 is 27.3 Å². The summed E-state index contributed by atoms with van der Waals surface area (Å²) >= 11 is 4.74. The lowest BCUT2D eigenvalue weighted by Gasteiger charge is -2.30. The quantitative estimate of drug-likeness (QED) is 0.540. The van der Waals surface area contributed by atoms with Gasteiger partial charge in [-0.2, -0.15) is 18.3 Å². The third-order valence-electron chi connectivity index (χ3n) is 4.28. The summed E-state index contributed by atoms with van der Waals surface area (Å²) in [5, 5.41) is 5.76. The molecule has 4 rings (SSSR count). The fourth-order valence-corrected chi connectivity index (χ4v) is 4.47. The summed E-state index contributed by atoms with van der Waals surface area (Å²) in [6, 6.07) is 10.3. The lowest BCUT2D eigenvalue weighted by molar-refractivity contribution is -0.141. The van der Waals surface area contributed by atoms with Crippen LogP contribution in [0.3, 0.4) is 0 Å². The van der Waals surface area contributed by atoms with Gasteiger partial charge in [0, 0.05) is 22.9 Å². The Hall–Kier alpha value is -1.84. The van der Waals surface area contributed by atoms with E-state index in [-0.39, 0.29) is 0 Å². The molecule has 142 valence electrons. The van der Waals surface area contributed by atoms with Crippen LogP contribution in [0.25, 0.3) is 16.3 Å². The molecule has 3 heterocycles. The number of rotatable bonds is 3. The number of para-hydroxylation sites is 2. The minimum Gasteiger partial charge on any atom is -0.378 e. The van der Waals surface area contributed by atoms with Crippen molar-refractivity contribution >= 4 is 33.0 Å². The number of anilines is 1. The highest BCUT2D eigenvalue weighted by Gasteiger charge is 2.36. The van der Waals surface area contributed by atoms with Crippen LogP contribution in [-0.2, 0) is 10.9 Å². The van der Waals surface area contributed by atoms with Gasteiger partial charge in [0.25, 0.3) is 0 Å². The second-order valence-corrected chi connectivity index (χ2v) is 7.87. The molecule has 0 amide bonds. The Bertz CT molecular complexity index is 947. The highest BCUT2D eigenvalue weighted by molar-refractivity contribution is 9.10. The maximum atomic E-state index is 13.4. The number of halogens is 4. The number of alkyl halides is 3. The summed E-state index contributed by atoms with van der Waals surface area (Å²) in [7, 11) is 0. The van der Waals surface area contributed by atoms with Gasteiger partial charge in [-0.25, -0.2) is 4.68 Å². The van der Waals surface area contributed by atoms with E-state index in [0.717, 1.165) is 16.2 Å². The van der Waals surface area contributed by atoms with E-state index in [1.807, 2.05) is 23.6 Å². The first-order chi connectivity index (χ1) is 12.9. The first-order valence-electron chi connectivity index (χ1n) is 8.27. The molecule has 4 nitrogen and oxygen atoms in total. The average molecular weight is 458 g/mol. The molecular formula is C18H15BrF3N3OS. The van der Waals surface area contributed by atoms with Gasteiger partial charge < -0.3 is 9.64 Å². The summed E-state index contributed by atoms with van der Waals surface area (Å²) in [5.74, 6) is 0. The van der Waals surface area contributed by atoms with Crippen molar-refractivity contribution in [1.29, 1.82) is 0 Å². The highest BCUT2D eigenvalue weighted by atomic mass is 79.9. The normalized spacial score (nSPS) is 15.3. The molecule has 1 fully saturated rings. The number of morpholine rings is 1. The van der Waals surface area contributed by atoms with Gasteiger partial charge in [0.1, 0.15) is 0 Å². The van der Waals surface area contributed by atoms with Crippen molar-refractivity contribution in [3.8, 4) is 16.3 Å². The maximum absolute atomic E-state index is 13.4. The fourth-order valence-electron chi connectivity index (χ4n) is 3.04. The van der Waals surface area contributed by atoms with Crippen molar-refractivity contribution in [2.24, 2.45) is 0 Å². The molecule has 0 atom stereocenters. The van der Waals surface area contributed by atoms with Crippen LogP contribution in [0.2, 0.25) is 0 Å². The smallest absolute Gasteiger partial charge is 0.378 e. The van der Waals surface area contributed by atoms with Crippen LogP contribution in [0.5, 0.6) is 0 Å². The summed E-state index contributed by atoms with van der Waals surface area (Å²) in [4.78, 5) is 2.82. The molecule has 0 bridgehead atoms. The van der Waals surface area contributed by atoms with Gasteiger partial charge in [-0.15, -0.1) is 11.3 Å². The van der Waals surface area contributed by atoms with E-state index in [9.17, 15) is 13.2 Å². The Labute approximate surface area is 166 Å². The van der Waals surface area contributed by atoms with Crippen molar-refractivity contribution in [3.63, 3.8) is 0 Å². The van der Waals surface area contributed by atoms with Crippen LogP contribution in [0.4, 0.5) is 18.9 Å². The molecule has 0 N–H and O–H groups in total. The molecule has 1 aliphatic rings. The largest absolute Gasteiger partial charge is 0.435 e. The maximum Gasteiger partial charge on any atom is 0.435 e. The Morgan fingerprint density at radius 1 is 1.07 bits per heavy atom. The fraction of sp³-hybridized carbons (Fsp3) is 0.278. The molecular weight excluding hydrogens is 443 g/mol. The van der Waals surface area contributed by atoms with Gasteiger partial charge in [-0.1, -0.05) is 12.1 Å². The third kappa shape index (κ3) is 3.76. The minimum absolute atomic E-state index is 0.415. The topological polar surface area (TPSA) is 30.3 Å². The number of thiophene rings is 1. The summed E-state index contributed by atoms with van der Waals surface area (Å²) in [6.07, 6.45) is -4.51. The van der Waals surface area contributed by atoms with Gasteiger partial charge in [0.15, 0.2) is 5.69 Å². The molecule has 0 saturated carbocycles. The standard InChI is InChI=1S/C18H15BrF3N3OS/c19-12-9-16(27-11-12)15-10-17(18(20,21)22)23-25(15)14-4-2-1-3-13(14)24-5-7-26-8-6-24/h1-4,9-11H,5-8H2. The van der Waals surface area contributed by atoms with E-state index in [1.165, 1.54) is 16.0 Å². The number of aromatic nitrogens is 2. The lowest BCUT2D eigenvalue weighted by atomic mass is 10.2. The van der Waals surface area contributed by atoms with Crippen LogP contribution < -0.4 is 4.90 Å². The van der Waals surface area contributed by atoms with E-state index in [4.69, 9.17) is 4.74 Å². The molecule has 1 aromatic carbocycles. The van der Waals surface area contributed by atoms with E-state index in [2.05, 4.69) is 25.9 Å². The van der Waals surface area contributed by atoms with E-state index >= 15 is 0 Å². The third-order valence-corrected chi connectivity index (χ3v) is 5.99. The minimum atomic E-state index is -4.51. The van der Waals surface area contributed by atoms with Crippen molar-refractivity contribution in [3.05, 3.63) is 51.9 Å². The Balaban J connectivity index is 1.87. The van der Waals surface area contributed by atoms with Crippen molar-refractivity contribution in [2.75, 3.05) is 31.2 Å². The Morgan fingerprint density at radius 2 is 1.78 bits per heavy atom. The predicted molar refractivity (Wildman–Crippen MR) is 103 cm³/mol. The Kier molecular flexibility index (Phi) is 5.00. The van der Waals surface area contributed by atoms with Gasteiger partial charge in [-0.3, -0.25) is 0 Å². The van der Waals surface area contributed by atoms with Gasteiger partial charge >= 0.3 is 6.18 Å². The zero-order valence-electron chi connectivity index (χ0n) is 14.0. The summed E-state index contributed by atoms with van der Waals surface area (Å²) in [6.45, 7) is 2.55. The van der Waals surface area contributed by atoms with Gasteiger partial charge in [-0.05, 0) is 40.2 Å². The molecule has 2 aromatic heterocycles.